The molecule has 0 bridgehead atoms. The van der Waals surface area contributed by atoms with Gasteiger partial charge in [-0.3, -0.25) is 9.48 Å². The molecule has 0 radical (unpaired) electrons. The fourth-order valence-corrected chi connectivity index (χ4v) is 1.32. The van der Waals surface area contributed by atoms with Crippen molar-refractivity contribution in [1.82, 2.24) is 15.1 Å². The van der Waals surface area contributed by atoms with Crippen LogP contribution in [0.2, 0.25) is 0 Å². The number of aryl methyl sites for hydroxylation is 1. The minimum Gasteiger partial charge on any atom is -0.350 e. The average molecular weight is 244 g/mol. The molecule has 1 aromatic rings. The summed E-state index contributed by atoms with van der Waals surface area (Å²) in [6, 6.07) is 0. The predicted octanol–water partition coefficient (Wildman–Crippen LogP) is 1.72. The second-order valence-electron chi connectivity index (χ2n) is 4.24. The smallest absolute Gasteiger partial charge is 0.254 e. The molecule has 1 heterocycles. The van der Waals surface area contributed by atoms with Crippen LogP contribution in [0.25, 0.3) is 0 Å². The third kappa shape index (κ3) is 2.98. The summed E-state index contributed by atoms with van der Waals surface area (Å²) in [6.45, 7) is 6.40. The summed E-state index contributed by atoms with van der Waals surface area (Å²) in [5.41, 5.74) is 1.46. The second-order valence-corrected chi connectivity index (χ2v) is 4.80. The molecule has 1 unspecified atom stereocenters. The fourth-order valence-electron chi connectivity index (χ4n) is 1.24. The number of carbonyl (C=O) groups excluding carboxylic acids is 1. The third-order valence-corrected chi connectivity index (χ3v) is 3.32. The number of nitrogens with one attached hydrogen (secondary N) is 1. The zero-order chi connectivity index (χ0) is 12.3. The molecule has 1 amide bonds. The van der Waals surface area contributed by atoms with Gasteiger partial charge in [-0.2, -0.15) is 5.10 Å². The Morgan fingerprint density at radius 1 is 1.62 bits per heavy atom. The normalized spacial score (nSPS) is 12.9. The Bertz CT molecular complexity index is 373. The molecule has 16 heavy (non-hydrogen) atoms. The minimum absolute atomic E-state index is 0.0408. The molecular weight excluding hydrogens is 226 g/mol. The SMILES string of the molecule is Cc1c(C(=O)NCC(Cl)C(C)C)cnn1C. The van der Waals surface area contributed by atoms with Crippen molar-refractivity contribution >= 4 is 17.5 Å². The van der Waals surface area contributed by atoms with Crippen LogP contribution in [0.3, 0.4) is 0 Å². The molecule has 0 aromatic carbocycles. The Morgan fingerprint density at radius 3 is 2.69 bits per heavy atom. The maximum Gasteiger partial charge on any atom is 0.254 e. The first-order chi connectivity index (χ1) is 7.43. The monoisotopic (exact) mass is 243 g/mol. The Kier molecular flexibility index (Phi) is 4.35. The van der Waals surface area contributed by atoms with E-state index in [0.717, 1.165) is 5.69 Å². The van der Waals surface area contributed by atoms with Crippen molar-refractivity contribution in [2.24, 2.45) is 13.0 Å². The molecule has 0 aliphatic rings. The van der Waals surface area contributed by atoms with Gasteiger partial charge < -0.3 is 5.32 Å². The summed E-state index contributed by atoms with van der Waals surface area (Å²) in [7, 11) is 1.81. The highest BCUT2D eigenvalue weighted by Gasteiger charge is 2.15. The van der Waals surface area contributed by atoms with Crippen LogP contribution in [0.1, 0.15) is 29.9 Å². The molecule has 0 spiro atoms. The number of rotatable bonds is 4. The molecule has 1 N–H and O–H groups in total. The maximum atomic E-state index is 11.8. The van der Waals surface area contributed by atoms with Crippen molar-refractivity contribution in [1.29, 1.82) is 0 Å². The van der Waals surface area contributed by atoms with Gasteiger partial charge in [0.25, 0.3) is 5.91 Å². The molecule has 1 atom stereocenters. The predicted molar refractivity (Wildman–Crippen MR) is 64.8 cm³/mol. The van der Waals surface area contributed by atoms with Gasteiger partial charge >= 0.3 is 0 Å². The summed E-state index contributed by atoms with van der Waals surface area (Å²) in [4.78, 5) is 11.8. The Balaban J connectivity index is 2.57. The average Bonchev–Trinajstić information content (AvgIpc) is 2.55. The van der Waals surface area contributed by atoms with E-state index in [2.05, 4.69) is 10.4 Å². The van der Waals surface area contributed by atoms with Gasteiger partial charge in [0.2, 0.25) is 0 Å². The third-order valence-electron chi connectivity index (χ3n) is 2.66. The Hall–Kier alpha value is -1.03. The Morgan fingerprint density at radius 2 is 2.25 bits per heavy atom. The van der Waals surface area contributed by atoms with Gasteiger partial charge in [0.1, 0.15) is 0 Å². The molecule has 0 aliphatic carbocycles. The number of alkyl halides is 1. The summed E-state index contributed by atoms with van der Waals surface area (Å²) in [6.07, 6.45) is 1.57. The van der Waals surface area contributed by atoms with Gasteiger partial charge in [-0.15, -0.1) is 11.6 Å². The van der Waals surface area contributed by atoms with Crippen LogP contribution in [-0.2, 0) is 7.05 Å². The number of halogens is 1. The fraction of sp³-hybridized carbons (Fsp3) is 0.636. The van der Waals surface area contributed by atoms with Crippen LogP contribution in [0.15, 0.2) is 6.20 Å². The highest BCUT2D eigenvalue weighted by Crippen LogP contribution is 2.09. The first kappa shape index (κ1) is 13.0. The number of nitrogens with zero attached hydrogens (tertiary/aromatic N) is 2. The van der Waals surface area contributed by atoms with E-state index in [0.29, 0.717) is 18.0 Å². The lowest BCUT2D eigenvalue weighted by Crippen LogP contribution is -2.32. The molecule has 1 aromatic heterocycles. The van der Waals surface area contributed by atoms with Gasteiger partial charge in [0, 0.05) is 19.3 Å². The van der Waals surface area contributed by atoms with Crippen LogP contribution in [0.5, 0.6) is 0 Å². The molecule has 90 valence electrons. The first-order valence-electron chi connectivity index (χ1n) is 5.34. The molecular formula is C11H18ClN3O. The molecule has 0 fully saturated rings. The lowest BCUT2D eigenvalue weighted by molar-refractivity contribution is 0.0951. The van der Waals surface area contributed by atoms with Crippen LogP contribution in [0, 0.1) is 12.8 Å². The zero-order valence-corrected chi connectivity index (χ0v) is 10.9. The zero-order valence-electron chi connectivity index (χ0n) is 10.1. The van der Waals surface area contributed by atoms with Gasteiger partial charge in [-0.05, 0) is 12.8 Å². The summed E-state index contributed by atoms with van der Waals surface area (Å²) < 4.78 is 1.68. The quantitative estimate of drug-likeness (QED) is 0.819. The molecule has 1 rings (SSSR count). The Labute approximate surface area is 101 Å². The van der Waals surface area contributed by atoms with Gasteiger partial charge in [0.05, 0.1) is 17.1 Å². The second kappa shape index (κ2) is 5.34. The number of aromatic nitrogens is 2. The molecule has 4 nitrogen and oxygen atoms in total. The van der Waals surface area contributed by atoms with Crippen molar-refractivity contribution in [3.8, 4) is 0 Å². The van der Waals surface area contributed by atoms with E-state index in [1.807, 2.05) is 27.8 Å². The van der Waals surface area contributed by atoms with Crippen molar-refractivity contribution in [2.45, 2.75) is 26.1 Å². The highest BCUT2D eigenvalue weighted by molar-refractivity contribution is 6.21. The summed E-state index contributed by atoms with van der Waals surface area (Å²) in [5, 5.41) is 6.79. The van der Waals surface area contributed by atoms with Crippen molar-refractivity contribution in [3.05, 3.63) is 17.5 Å². The summed E-state index contributed by atoms with van der Waals surface area (Å²) >= 11 is 6.06. The standard InChI is InChI=1S/C11H18ClN3O/c1-7(2)10(12)6-13-11(16)9-5-14-15(4)8(9)3/h5,7,10H,6H2,1-4H3,(H,13,16). The highest BCUT2D eigenvalue weighted by atomic mass is 35.5. The van der Waals surface area contributed by atoms with E-state index >= 15 is 0 Å². The van der Waals surface area contributed by atoms with Crippen LogP contribution in [-0.4, -0.2) is 27.6 Å². The van der Waals surface area contributed by atoms with Crippen LogP contribution in [0.4, 0.5) is 0 Å². The molecule has 0 saturated heterocycles. The van der Waals surface area contributed by atoms with Gasteiger partial charge in [0.15, 0.2) is 0 Å². The molecule has 0 aliphatic heterocycles. The first-order valence-corrected chi connectivity index (χ1v) is 5.78. The van der Waals surface area contributed by atoms with E-state index in [1.165, 1.54) is 0 Å². The number of carbonyl (C=O) groups is 1. The number of amides is 1. The molecule has 0 saturated carbocycles. The van der Waals surface area contributed by atoms with Gasteiger partial charge in [-0.1, -0.05) is 13.8 Å². The van der Waals surface area contributed by atoms with Crippen molar-refractivity contribution in [3.63, 3.8) is 0 Å². The van der Waals surface area contributed by atoms with E-state index in [1.54, 1.807) is 10.9 Å². The van der Waals surface area contributed by atoms with E-state index in [4.69, 9.17) is 11.6 Å². The largest absolute Gasteiger partial charge is 0.350 e. The minimum atomic E-state index is -0.114. The summed E-state index contributed by atoms with van der Waals surface area (Å²) in [5.74, 6) is 0.230. The van der Waals surface area contributed by atoms with E-state index in [-0.39, 0.29) is 11.3 Å². The van der Waals surface area contributed by atoms with Crippen LogP contribution >= 0.6 is 11.6 Å². The lowest BCUT2D eigenvalue weighted by atomic mass is 10.1. The lowest BCUT2D eigenvalue weighted by Gasteiger charge is -2.13. The van der Waals surface area contributed by atoms with Crippen LogP contribution < -0.4 is 5.32 Å². The topological polar surface area (TPSA) is 46.9 Å². The van der Waals surface area contributed by atoms with E-state index in [9.17, 15) is 4.79 Å². The molecule has 5 heteroatoms. The van der Waals surface area contributed by atoms with Crippen molar-refractivity contribution < 1.29 is 4.79 Å². The number of hydrogen-bond donors (Lipinski definition) is 1. The van der Waals surface area contributed by atoms with E-state index < -0.39 is 0 Å². The number of hydrogen-bond acceptors (Lipinski definition) is 2. The maximum absolute atomic E-state index is 11.8. The van der Waals surface area contributed by atoms with Gasteiger partial charge in [-0.25, -0.2) is 0 Å². The van der Waals surface area contributed by atoms with Crippen molar-refractivity contribution in [2.75, 3.05) is 6.54 Å².